The average Bonchev–Trinajstić information content (AvgIpc) is 3.89. The van der Waals surface area contributed by atoms with Crippen LogP contribution in [0.5, 0.6) is 11.5 Å². The smallest absolute Gasteiger partial charge is 0.258 e. The maximum atomic E-state index is 13.8. The van der Waals surface area contributed by atoms with Crippen molar-refractivity contribution in [1.29, 1.82) is 0 Å². The summed E-state index contributed by atoms with van der Waals surface area (Å²) < 4.78 is 12.9. The second-order valence-corrected chi connectivity index (χ2v) is 12.6. The normalized spacial score (nSPS) is 14.1. The summed E-state index contributed by atoms with van der Waals surface area (Å²) in [6, 6.07) is 30.9. The molecule has 1 atom stereocenters. The molecule has 2 aromatic heterocycles. The molecule has 0 saturated heterocycles. The van der Waals surface area contributed by atoms with Gasteiger partial charge in [0.15, 0.2) is 17.6 Å². The Kier molecular flexibility index (Phi) is 10.6. The molecular weight excluding hydrogens is 633 g/mol. The van der Waals surface area contributed by atoms with Crippen LogP contribution in [-0.4, -0.2) is 56.8 Å². The van der Waals surface area contributed by atoms with Crippen molar-refractivity contribution in [2.24, 2.45) is 5.10 Å². The van der Waals surface area contributed by atoms with Crippen LogP contribution in [-0.2, 0) is 29.1 Å². The Bertz CT molecular complexity index is 1800. The highest BCUT2D eigenvalue weighted by molar-refractivity contribution is 7.99. The van der Waals surface area contributed by atoms with Gasteiger partial charge in [-0.2, -0.15) is 5.10 Å². The number of nitrogens with one attached hydrogen (secondary N) is 1. The number of rotatable bonds is 14. The molecule has 240 valence electrons. The van der Waals surface area contributed by atoms with E-state index in [1.54, 1.807) is 35.6 Å². The molecule has 47 heavy (non-hydrogen) atoms. The molecule has 2 amide bonds. The van der Waals surface area contributed by atoms with Gasteiger partial charge in [0.2, 0.25) is 0 Å². The number of aryl methyl sites for hydroxylation is 1. The number of hydrogen-bond acceptors (Lipinski definition) is 9. The third-order valence-electron chi connectivity index (χ3n) is 7.61. The Morgan fingerprint density at radius 1 is 0.936 bits per heavy atom. The van der Waals surface area contributed by atoms with Crippen LogP contribution in [0.4, 0.5) is 0 Å². The average molecular weight is 667 g/mol. The van der Waals surface area contributed by atoms with E-state index >= 15 is 0 Å². The maximum Gasteiger partial charge on any atom is 0.258 e. The van der Waals surface area contributed by atoms with Crippen LogP contribution in [0, 0.1) is 0 Å². The van der Waals surface area contributed by atoms with Gasteiger partial charge in [-0.15, -0.1) is 21.5 Å². The number of para-hydroxylation sites is 1. The fourth-order valence-electron chi connectivity index (χ4n) is 5.17. The van der Waals surface area contributed by atoms with Gasteiger partial charge in [-0.25, -0.2) is 5.01 Å². The molecule has 1 aliphatic heterocycles. The van der Waals surface area contributed by atoms with Crippen LogP contribution in [0.15, 0.2) is 113 Å². The first-order valence-electron chi connectivity index (χ1n) is 15.2. The molecule has 3 aromatic carbocycles. The van der Waals surface area contributed by atoms with Gasteiger partial charge in [-0.1, -0.05) is 78.5 Å². The fraction of sp³-hybridized carbons (Fsp3) is 0.229. The maximum absolute atomic E-state index is 13.8. The van der Waals surface area contributed by atoms with E-state index < -0.39 is 0 Å². The highest BCUT2D eigenvalue weighted by atomic mass is 32.2. The predicted molar refractivity (Wildman–Crippen MR) is 183 cm³/mol. The Morgan fingerprint density at radius 3 is 2.43 bits per heavy atom. The number of amides is 2. The van der Waals surface area contributed by atoms with Crippen molar-refractivity contribution in [3.63, 3.8) is 0 Å². The lowest BCUT2D eigenvalue weighted by Crippen LogP contribution is -2.30. The van der Waals surface area contributed by atoms with Crippen LogP contribution in [0.1, 0.15) is 34.3 Å². The van der Waals surface area contributed by atoms with Gasteiger partial charge in [0.1, 0.15) is 11.5 Å². The van der Waals surface area contributed by atoms with Gasteiger partial charge < -0.3 is 19.4 Å². The molecule has 0 aliphatic carbocycles. The number of carbonyl (C=O) groups is 2. The Hall–Kier alpha value is -4.94. The van der Waals surface area contributed by atoms with Gasteiger partial charge >= 0.3 is 0 Å². The number of carbonyl (C=O) groups excluding carboxylic acids is 2. The molecule has 12 heteroatoms. The van der Waals surface area contributed by atoms with Crippen LogP contribution in [0.25, 0.3) is 0 Å². The third-order valence-corrected chi connectivity index (χ3v) is 9.48. The van der Waals surface area contributed by atoms with Gasteiger partial charge in [-0.3, -0.25) is 9.59 Å². The van der Waals surface area contributed by atoms with Crippen LogP contribution in [0.2, 0.25) is 0 Å². The molecule has 0 bridgehead atoms. The number of hydrazone groups is 1. The van der Waals surface area contributed by atoms with Crippen LogP contribution in [0.3, 0.4) is 0 Å². The topological polar surface area (TPSA) is 111 Å². The van der Waals surface area contributed by atoms with Crippen molar-refractivity contribution in [2.45, 2.75) is 37.1 Å². The number of methoxy groups -OCH3 is 1. The van der Waals surface area contributed by atoms with Gasteiger partial charge in [0.25, 0.3) is 11.8 Å². The van der Waals surface area contributed by atoms with E-state index in [9.17, 15) is 9.59 Å². The number of nitrogens with zero attached hydrogens (tertiary/aromatic N) is 5. The largest absolute Gasteiger partial charge is 0.497 e. The van der Waals surface area contributed by atoms with Crippen molar-refractivity contribution < 1.29 is 19.1 Å². The molecular formula is C35H34N6O4S2. The van der Waals surface area contributed by atoms with E-state index in [4.69, 9.17) is 14.6 Å². The zero-order valence-corrected chi connectivity index (χ0v) is 27.5. The van der Waals surface area contributed by atoms with E-state index in [0.29, 0.717) is 29.7 Å². The molecule has 5 aromatic rings. The van der Waals surface area contributed by atoms with E-state index in [0.717, 1.165) is 33.9 Å². The number of ether oxygens (including phenoxy) is 2. The van der Waals surface area contributed by atoms with Gasteiger partial charge in [-0.05, 0) is 53.3 Å². The minimum atomic E-state index is -0.270. The molecule has 0 fully saturated rings. The number of thiophene rings is 1. The van der Waals surface area contributed by atoms with Crippen LogP contribution >= 0.6 is 23.1 Å². The monoisotopic (exact) mass is 666 g/mol. The van der Waals surface area contributed by atoms with Gasteiger partial charge in [0.05, 0.1) is 36.0 Å². The number of hydrogen-bond donors (Lipinski definition) is 1. The standard InChI is InChI=1S/C35H34N6O4S2/c1-44-27-16-14-26(15-17-27)30-21-29(31-13-8-20-46-31)39-41(30)34(43)24-47-35-38-37-32(40(35)19-18-25-9-4-2-5-10-25)22-36-33(42)23-45-28-11-6-3-7-12-28/h2-17,20,30H,18-19,21-24H2,1H3,(H,36,42)/t30-/m1/s1. The summed E-state index contributed by atoms with van der Waals surface area (Å²) in [4.78, 5) is 27.4. The Labute approximate surface area is 281 Å². The quantitative estimate of drug-likeness (QED) is 0.150. The highest BCUT2D eigenvalue weighted by Crippen LogP contribution is 2.35. The van der Waals surface area contributed by atoms with Crippen molar-refractivity contribution in [3.8, 4) is 11.5 Å². The minimum Gasteiger partial charge on any atom is -0.497 e. The Balaban J connectivity index is 1.15. The zero-order chi connectivity index (χ0) is 32.4. The van der Waals surface area contributed by atoms with Crippen molar-refractivity contribution in [3.05, 3.63) is 124 Å². The lowest BCUT2D eigenvalue weighted by atomic mass is 10.0. The third kappa shape index (κ3) is 8.27. The molecule has 10 nitrogen and oxygen atoms in total. The summed E-state index contributed by atoms with van der Waals surface area (Å²) in [5, 5.41) is 20.7. The SMILES string of the molecule is COc1ccc([C@H]2CC(c3cccs3)=NN2C(=O)CSc2nnc(CNC(=O)COc3ccccc3)n2CCc2ccccc2)cc1. The summed E-state index contributed by atoms with van der Waals surface area (Å²) in [6.45, 7) is 0.642. The predicted octanol–water partition coefficient (Wildman–Crippen LogP) is 5.76. The molecule has 1 aliphatic rings. The first kappa shape index (κ1) is 32.0. The van der Waals surface area contributed by atoms with E-state index in [1.807, 2.05) is 82.7 Å². The second kappa shape index (κ2) is 15.6. The Morgan fingerprint density at radius 2 is 1.70 bits per heavy atom. The number of aromatic nitrogens is 3. The summed E-state index contributed by atoms with van der Waals surface area (Å²) in [7, 11) is 1.63. The first-order chi connectivity index (χ1) is 23.1. The summed E-state index contributed by atoms with van der Waals surface area (Å²) in [5.41, 5.74) is 3.04. The van der Waals surface area contributed by atoms with Crippen molar-refractivity contribution in [2.75, 3.05) is 19.5 Å². The van der Waals surface area contributed by atoms with E-state index in [1.165, 1.54) is 11.8 Å². The summed E-state index contributed by atoms with van der Waals surface area (Å²) in [5.74, 6) is 1.69. The molecule has 0 spiro atoms. The van der Waals surface area contributed by atoms with Crippen LogP contribution < -0.4 is 14.8 Å². The highest BCUT2D eigenvalue weighted by Gasteiger charge is 2.33. The molecule has 6 rings (SSSR count). The summed E-state index contributed by atoms with van der Waals surface area (Å²) in [6.07, 6.45) is 1.35. The molecule has 3 heterocycles. The number of thioether (sulfide) groups is 1. The minimum absolute atomic E-state index is 0.114. The molecule has 0 radical (unpaired) electrons. The number of benzene rings is 3. The molecule has 0 unspecified atom stereocenters. The van der Waals surface area contributed by atoms with Gasteiger partial charge in [0, 0.05) is 13.0 Å². The molecule has 0 saturated carbocycles. The van der Waals surface area contributed by atoms with Crippen molar-refractivity contribution >= 4 is 40.6 Å². The van der Waals surface area contributed by atoms with E-state index in [2.05, 4.69) is 27.6 Å². The first-order valence-corrected chi connectivity index (χ1v) is 17.0. The lowest BCUT2D eigenvalue weighted by Gasteiger charge is -2.22. The molecule has 1 N–H and O–H groups in total. The summed E-state index contributed by atoms with van der Waals surface area (Å²) >= 11 is 2.93. The second-order valence-electron chi connectivity index (χ2n) is 10.7. The van der Waals surface area contributed by atoms with E-state index in [-0.39, 0.29) is 36.8 Å². The zero-order valence-electron chi connectivity index (χ0n) is 25.8. The fourth-order valence-corrected chi connectivity index (χ4v) is 6.73. The lowest BCUT2D eigenvalue weighted by molar-refractivity contribution is -0.130. The van der Waals surface area contributed by atoms with Crippen molar-refractivity contribution in [1.82, 2.24) is 25.1 Å².